The lowest BCUT2D eigenvalue weighted by atomic mass is 10.2. The molecule has 0 aliphatic rings. The van der Waals surface area contributed by atoms with Crippen LogP contribution in [-0.4, -0.2) is 35.8 Å². The van der Waals surface area contributed by atoms with E-state index in [1.54, 1.807) is 0 Å². The number of hydrogen-bond acceptors (Lipinski definition) is 3. The average Bonchev–Trinajstić information content (AvgIpc) is 2.09. The highest BCUT2D eigenvalue weighted by Gasteiger charge is 1.98. The van der Waals surface area contributed by atoms with Gasteiger partial charge in [-0.15, -0.1) is 0 Å². The van der Waals surface area contributed by atoms with Gasteiger partial charge in [0, 0.05) is 24.9 Å². The molecule has 2 N–H and O–H groups in total. The van der Waals surface area contributed by atoms with Gasteiger partial charge >= 0.3 is 0 Å². The van der Waals surface area contributed by atoms with Crippen LogP contribution < -0.4 is 5.32 Å². The molecule has 0 bridgehead atoms. The van der Waals surface area contributed by atoms with E-state index in [-0.39, 0.29) is 0 Å². The molecule has 0 aromatic heterocycles. The van der Waals surface area contributed by atoms with Crippen LogP contribution in [0, 0.1) is 0 Å². The summed E-state index contributed by atoms with van der Waals surface area (Å²) < 4.78 is 0. The molecule has 0 aliphatic heterocycles. The normalized spacial score (nSPS) is 13.2. The number of rotatable bonds is 8. The summed E-state index contributed by atoms with van der Waals surface area (Å²) in [5.74, 6) is 2.40. The Kier molecular flexibility index (Phi) is 9.57. The monoisotopic (exact) mass is 191 g/mol. The minimum absolute atomic E-state index is 0.315. The molecule has 74 valence electrons. The summed E-state index contributed by atoms with van der Waals surface area (Å²) in [4.78, 5) is 0. The largest absolute Gasteiger partial charge is 0.396 e. The van der Waals surface area contributed by atoms with Gasteiger partial charge in [-0.05, 0) is 25.5 Å². The third-order valence-corrected chi connectivity index (χ3v) is 2.64. The SMILES string of the molecule is CCSCCNC(C)CCCO. The molecule has 12 heavy (non-hydrogen) atoms. The van der Waals surface area contributed by atoms with Crippen LogP contribution in [0.4, 0.5) is 0 Å². The van der Waals surface area contributed by atoms with Crippen molar-refractivity contribution in [3.63, 3.8) is 0 Å². The summed E-state index contributed by atoms with van der Waals surface area (Å²) in [5.41, 5.74) is 0. The minimum atomic E-state index is 0.315. The van der Waals surface area contributed by atoms with Crippen molar-refractivity contribution in [2.75, 3.05) is 24.7 Å². The zero-order valence-corrected chi connectivity index (χ0v) is 8.99. The Labute approximate surface area is 80.1 Å². The van der Waals surface area contributed by atoms with Gasteiger partial charge in [-0.25, -0.2) is 0 Å². The molecular weight excluding hydrogens is 170 g/mol. The summed E-state index contributed by atoms with van der Waals surface area (Å²) in [6.45, 7) is 5.76. The molecule has 0 spiro atoms. The molecule has 0 radical (unpaired) electrons. The van der Waals surface area contributed by atoms with Gasteiger partial charge in [-0.3, -0.25) is 0 Å². The first-order valence-electron chi connectivity index (χ1n) is 4.73. The Balaban J connectivity index is 3.02. The zero-order chi connectivity index (χ0) is 9.23. The van der Waals surface area contributed by atoms with Crippen LogP contribution in [0.5, 0.6) is 0 Å². The second-order valence-electron chi connectivity index (χ2n) is 2.92. The maximum Gasteiger partial charge on any atom is 0.0431 e. The molecule has 0 aromatic rings. The maximum atomic E-state index is 8.59. The van der Waals surface area contributed by atoms with Gasteiger partial charge in [-0.1, -0.05) is 6.92 Å². The first-order valence-corrected chi connectivity index (χ1v) is 5.88. The number of thioether (sulfide) groups is 1. The lowest BCUT2D eigenvalue weighted by Gasteiger charge is -2.12. The zero-order valence-electron chi connectivity index (χ0n) is 8.18. The first kappa shape index (κ1) is 12.3. The van der Waals surface area contributed by atoms with E-state index in [0.717, 1.165) is 19.4 Å². The van der Waals surface area contributed by atoms with Crippen LogP contribution in [0.3, 0.4) is 0 Å². The third kappa shape index (κ3) is 8.37. The van der Waals surface area contributed by atoms with Gasteiger partial charge in [0.15, 0.2) is 0 Å². The molecule has 0 amide bonds. The predicted molar refractivity (Wildman–Crippen MR) is 56.8 cm³/mol. The molecule has 0 saturated carbocycles. The van der Waals surface area contributed by atoms with E-state index in [0.29, 0.717) is 12.6 Å². The second-order valence-corrected chi connectivity index (χ2v) is 4.31. The van der Waals surface area contributed by atoms with E-state index in [4.69, 9.17) is 5.11 Å². The van der Waals surface area contributed by atoms with Crippen molar-refractivity contribution in [2.24, 2.45) is 0 Å². The van der Waals surface area contributed by atoms with Crippen molar-refractivity contribution in [1.82, 2.24) is 5.32 Å². The van der Waals surface area contributed by atoms with Gasteiger partial charge in [-0.2, -0.15) is 11.8 Å². The summed E-state index contributed by atoms with van der Waals surface area (Å²) in [6.07, 6.45) is 1.99. The number of hydrogen-bond donors (Lipinski definition) is 2. The maximum absolute atomic E-state index is 8.59. The van der Waals surface area contributed by atoms with Gasteiger partial charge in [0.1, 0.15) is 0 Å². The van der Waals surface area contributed by atoms with E-state index in [2.05, 4.69) is 19.2 Å². The summed E-state index contributed by atoms with van der Waals surface area (Å²) in [6, 6.07) is 0.551. The van der Waals surface area contributed by atoms with Gasteiger partial charge < -0.3 is 10.4 Å². The van der Waals surface area contributed by atoms with Crippen LogP contribution >= 0.6 is 11.8 Å². The molecule has 1 atom stereocenters. The molecule has 1 unspecified atom stereocenters. The number of aliphatic hydroxyl groups excluding tert-OH is 1. The van der Waals surface area contributed by atoms with Crippen molar-refractivity contribution in [2.45, 2.75) is 32.7 Å². The predicted octanol–water partition coefficient (Wildman–Crippen LogP) is 1.49. The van der Waals surface area contributed by atoms with E-state index < -0.39 is 0 Å². The standard InChI is InChI=1S/C9H21NOS/c1-3-12-8-6-10-9(2)5-4-7-11/h9-11H,3-8H2,1-2H3. The summed E-state index contributed by atoms with van der Waals surface area (Å²) in [7, 11) is 0. The molecular formula is C9H21NOS. The van der Waals surface area contributed by atoms with Crippen LogP contribution in [-0.2, 0) is 0 Å². The van der Waals surface area contributed by atoms with E-state index in [1.165, 1.54) is 11.5 Å². The van der Waals surface area contributed by atoms with Gasteiger partial charge in [0.2, 0.25) is 0 Å². The van der Waals surface area contributed by atoms with Crippen molar-refractivity contribution in [3.8, 4) is 0 Å². The Bertz CT molecular complexity index is 90.6. The fourth-order valence-corrected chi connectivity index (χ4v) is 1.57. The van der Waals surface area contributed by atoms with E-state index >= 15 is 0 Å². The Morgan fingerprint density at radius 1 is 1.50 bits per heavy atom. The average molecular weight is 191 g/mol. The fraction of sp³-hybridized carbons (Fsp3) is 1.00. The Morgan fingerprint density at radius 3 is 2.83 bits per heavy atom. The smallest absolute Gasteiger partial charge is 0.0431 e. The Hall–Kier alpha value is 0.270. The number of nitrogens with one attached hydrogen (secondary N) is 1. The topological polar surface area (TPSA) is 32.3 Å². The highest BCUT2D eigenvalue weighted by molar-refractivity contribution is 7.99. The second kappa shape index (κ2) is 9.36. The van der Waals surface area contributed by atoms with Crippen LogP contribution in [0.1, 0.15) is 26.7 Å². The molecule has 0 aliphatic carbocycles. The lowest BCUT2D eigenvalue weighted by Crippen LogP contribution is -2.28. The van der Waals surface area contributed by atoms with Gasteiger partial charge in [0.25, 0.3) is 0 Å². The third-order valence-electron chi connectivity index (χ3n) is 1.74. The number of aliphatic hydroxyl groups is 1. The Morgan fingerprint density at radius 2 is 2.25 bits per heavy atom. The molecule has 0 saturated heterocycles. The van der Waals surface area contributed by atoms with Crippen molar-refractivity contribution in [3.05, 3.63) is 0 Å². The molecule has 2 nitrogen and oxygen atoms in total. The minimum Gasteiger partial charge on any atom is -0.396 e. The molecule has 3 heteroatoms. The van der Waals surface area contributed by atoms with Crippen LogP contribution in [0.15, 0.2) is 0 Å². The fourth-order valence-electron chi connectivity index (χ4n) is 1.02. The molecule has 0 aromatic carbocycles. The van der Waals surface area contributed by atoms with E-state index in [1.807, 2.05) is 11.8 Å². The highest BCUT2D eigenvalue weighted by Crippen LogP contribution is 1.98. The van der Waals surface area contributed by atoms with Crippen molar-refractivity contribution in [1.29, 1.82) is 0 Å². The quantitative estimate of drug-likeness (QED) is 0.570. The summed E-state index contributed by atoms with van der Waals surface area (Å²) in [5, 5.41) is 12.0. The molecule has 0 heterocycles. The van der Waals surface area contributed by atoms with Crippen molar-refractivity contribution >= 4 is 11.8 Å². The molecule has 0 fully saturated rings. The van der Waals surface area contributed by atoms with Crippen LogP contribution in [0.25, 0.3) is 0 Å². The van der Waals surface area contributed by atoms with Crippen molar-refractivity contribution < 1.29 is 5.11 Å². The van der Waals surface area contributed by atoms with E-state index in [9.17, 15) is 0 Å². The summed E-state index contributed by atoms with van der Waals surface area (Å²) >= 11 is 1.96. The first-order chi connectivity index (χ1) is 5.81. The van der Waals surface area contributed by atoms with Crippen LogP contribution in [0.2, 0.25) is 0 Å². The van der Waals surface area contributed by atoms with Gasteiger partial charge in [0.05, 0.1) is 0 Å². The highest BCUT2D eigenvalue weighted by atomic mass is 32.2. The molecule has 0 rings (SSSR count). The lowest BCUT2D eigenvalue weighted by molar-refractivity contribution is 0.277.